The second kappa shape index (κ2) is 5.69. The van der Waals surface area contributed by atoms with Gasteiger partial charge >= 0.3 is 5.97 Å². The fraction of sp³-hybridized carbons (Fsp3) is 0.818. The summed E-state index contributed by atoms with van der Waals surface area (Å²) in [6.07, 6.45) is 1.31. The van der Waals surface area contributed by atoms with E-state index in [-0.39, 0.29) is 0 Å². The van der Waals surface area contributed by atoms with Gasteiger partial charge in [0.1, 0.15) is 5.25 Å². The van der Waals surface area contributed by atoms with Crippen molar-refractivity contribution in [2.45, 2.75) is 43.6 Å². The van der Waals surface area contributed by atoms with E-state index in [4.69, 9.17) is 5.11 Å². The van der Waals surface area contributed by atoms with Crippen molar-refractivity contribution in [2.75, 3.05) is 13.1 Å². The molecule has 2 unspecified atom stereocenters. The Morgan fingerprint density at radius 3 is 2.17 bits per heavy atom. The number of carboxylic acids is 1. The first-order valence-corrected chi connectivity index (χ1v) is 7.61. The molecule has 1 rings (SSSR count). The predicted molar refractivity (Wildman–Crippen MR) is 65.9 cm³/mol. The van der Waals surface area contributed by atoms with E-state index < -0.39 is 38.6 Å². The molecule has 0 spiro atoms. The van der Waals surface area contributed by atoms with E-state index in [1.807, 2.05) is 0 Å². The normalized spacial score (nSPS) is 19.6. The van der Waals surface area contributed by atoms with Crippen LogP contribution in [0.4, 0.5) is 0 Å². The van der Waals surface area contributed by atoms with Crippen LogP contribution < -0.4 is 0 Å². The SMILES string of the molecule is CC(CC(=O)O)S(=O)(=O)C(C)C(=O)N1CCCC1. The second-order valence-corrected chi connectivity index (χ2v) is 7.36. The minimum atomic E-state index is -3.74. The smallest absolute Gasteiger partial charge is 0.304 e. The zero-order chi connectivity index (χ0) is 13.9. The van der Waals surface area contributed by atoms with Crippen molar-refractivity contribution in [3.63, 3.8) is 0 Å². The van der Waals surface area contributed by atoms with Gasteiger partial charge in [0.05, 0.1) is 11.7 Å². The van der Waals surface area contributed by atoms with Gasteiger partial charge in [-0.25, -0.2) is 8.42 Å². The highest BCUT2D eigenvalue weighted by Crippen LogP contribution is 2.17. The Hall–Kier alpha value is -1.11. The fourth-order valence-corrected chi connectivity index (χ4v) is 3.55. The topological polar surface area (TPSA) is 91.7 Å². The zero-order valence-corrected chi connectivity index (χ0v) is 11.4. The molecule has 0 aromatic carbocycles. The lowest BCUT2D eigenvalue weighted by Gasteiger charge is -2.22. The molecular weight excluding hydrogens is 258 g/mol. The van der Waals surface area contributed by atoms with Crippen molar-refractivity contribution in [3.8, 4) is 0 Å². The highest BCUT2D eigenvalue weighted by atomic mass is 32.2. The summed E-state index contributed by atoms with van der Waals surface area (Å²) in [5.74, 6) is -1.59. The fourth-order valence-electron chi connectivity index (χ4n) is 2.05. The van der Waals surface area contributed by atoms with E-state index in [1.165, 1.54) is 18.7 Å². The molecule has 1 heterocycles. The highest BCUT2D eigenvalue weighted by molar-refractivity contribution is 7.93. The van der Waals surface area contributed by atoms with Crippen LogP contribution in [0.2, 0.25) is 0 Å². The predicted octanol–water partition coefficient (Wildman–Crippen LogP) is 0.275. The van der Waals surface area contributed by atoms with Crippen molar-refractivity contribution < 1.29 is 23.1 Å². The minimum Gasteiger partial charge on any atom is -0.481 e. The molecule has 0 aliphatic carbocycles. The van der Waals surface area contributed by atoms with Crippen LogP contribution in [0.15, 0.2) is 0 Å². The first-order valence-electron chi connectivity index (χ1n) is 6.00. The Morgan fingerprint density at radius 1 is 1.22 bits per heavy atom. The van der Waals surface area contributed by atoms with Gasteiger partial charge in [-0.2, -0.15) is 0 Å². The van der Waals surface area contributed by atoms with Gasteiger partial charge in [0, 0.05) is 13.1 Å². The monoisotopic (exact) mass is 277 g/mol. The third-order valence-electron chi connectivity index (χ3n) is 3.28. The minimum absolute atomic E-state index is 0.412. The van der Waals surface area contributed by atoms with Gasteiger partial charge in [-0.1, -0.05) is 0 Å². The van der Waals surface area contributed by atoms with Crippen molar-refractivity contribution in [2.24, 2.45) is 0 Å². The summed E-state index contributed by atoms with van der Waals surface area (Å²) in [6, 6.07) is 0. The number of carbonyl (C=O) groups excluding carboxylic acids is 1. The van der Waals surface area contributed by atoms with Crippen LogP contribution in [0, 0.1) is 0 Å². The molecule has 7 heteroatoms. The number of hydrogen-bond donors (Lipinski definition) is 1. The van der Waals surface area contributed by atoms with Crippen molar-refractivity contribution in [3.05, 3.63) is 0 Å². The Morgan fingerprint density at radius 2 is 1.72 bits per heavy atom. The molecule has 1 fully saturated rings. The summed E-state index contributed by atoms with van der Waals surface area (Å²) >= 11 is 0. The van der Waals surface area contributed by atoms with Crippen LogP contribution in [0.1, 0.15) is 33.1 Å². The lowest BCUT2D eigenvalue weighted by molar-refractivity contribution is -0.137. The maximum absolute atomic E-state index is 12.1. The lowest BCUT2D eigenvalue weighted by Crippen LogP contribution is -2.43. The quantitative estimate of drug-likeness (QED) is 0.779. The third-order valence-corrected chi connectivity index (χ3v) is 5.76. The first-order chi connectivity index (χ1) is 8.26. The molecule has 0 aromatic rings. The maximum Gasteiger partial charge on any atom is 0.304 e. The summed E-state index contributed by atoms with van der Waals surface area (Å²) in [7, 11) is -3.74. The van der Waals surface area contributed by atoms with Crippen LogP contribution in [0.25, 0.3) is 0 Å². The average Bonchev–Trinajstić information content (AvgIpc) is 2.79. The molecule has 0 radical (unpaired) electrons. The Labute approximate surface area is 107 Å². The standard InChI is InChI=1S/C11H19NO5S/c1-8(7-10(13)14)18(16,17)9(2)11(15)12-5-3-4-6-12/h8-9H,3-7H2,1-2H3,(H,13,14). The molecular formula is C11H19NO5S. The van der Waals surface area contributed by atoms with Crippen LogP contribution in [-0.2, 0) is 19.4 Å². The Balaban J connectivity index is 2.77. The molecule has 18 heavy (non-hydrogen) atoms. The average molecular weight is 277 g/mol. The van der Waals surface area contributed by atoms with E-state index in [1.54, 1.807) is 0 Å². The third kappa shape index (κ3) is 3.22. The second-order valence-electron chi connectivity index (χ2n) is 4.67. The molecule has 1 saturated heterocycles. The Kier molecular flexibility index (Phi) is 4.72. The van der Waals surface area contributed by atoms with Crippen LogP contribution in [0.5, 0.6) is 0 Å². The van der Waals surface area contributed by atoms with Gasteiger partial charge < -0.3 is 10.0 Å². The van der Waals surface area contributed by atoms with Crippen molar-refractivity contribution in [1.82, 2.24) is 4.90 Å². The van der Waals surface area contributed by atoms with Crippen LogP contribution in [0.3, 0.4) is 0 Å². The number of carbonyl (C=O) groups is 2. The summed E-state index contributed by atoms with van der Waals surface area (Å²) < 4.78 is 24.1. The van der Waals surface area contributed by atoms with Crippen molar-refractivity contribution in [1.29, 1.82) is 0 Å². The van der Waals surface area contributed by atoms with Gasteiger partial charge in [0.2, 0.25) is 5.91 Å². The number of amides is 1. The molecule has 2 atom stereocenters. The summed E-state index contributed by atoms with van der Waals surface area (Å²) in [5.41, 5.74) is 0. The van der Waals surface area contributed by atoms with E-state index in [2.05, 4.69) is 0 Å². The lowest BCUT2D eigenvalue weighted by atomic mass is 10.3. The number of hydrogen-bond acceptors (Lipinski definition) is 4. The molecule has 1 amide bonds. The summed E-state index contributed by atoms with van der Waals surface area (Å²) in [6.45, 7) is 3.85. The summed E-state index contributed by atoms with van der Waals surface area (Å²) in [5, 5.41) is 6.41. The molecule has 6 nitrogen and oxygen atoms in total. The number of aliphatic carboxylic acids is 1. The van der Waals surface area contributed by atoms with Gasteiger partial charge in [-0.05, 0) is 26.7 Å². The molecule has 1 aliphatic heterocycles. The maximum atomic E-state index is 12.1. The van der Waals surface area contributed by atoms with E-state index in [9.17, 15) is 18.0 Å². The molecule has 0 bridgehead atoms. The molecule has 0 saturated carbocycles. The molecule has 1 aliphatic rings. The number of rotatable bonds is 5. The van der Waals surface area contributed by atoms with Gasteiger partial charge in [-0.3, -0.25) is 9.59 Å². The number of nitrogens with zero attached hydrogens (tertiary/aromatic N) is 1. The summed E-state index contributed by atoms with van der Waals surface area (Å²) in [4.78, 5) is 24.1. The molecule has 1 N–H and O–H groups in total. The number of carboxylic acid groups (broad SMARTS) is 1. The van der Waals surface area contributed by atoms with Gasteiger partial charge in [0.15, 0.2) is 9.84 Å². The number of sulfone groups is 1. The van der Waals surface area contributed by atoms with Gasteiger partial charge in [0.25, 0.3) is 0 Å². The Bertz CT molecular complexity index is 425. The van der Waals surface area contributed by atoms with E-state index in [0.29, 0.717) is 13.1 Å². The zero-order valence-electron chi connectivity index (χ0n) is 10.6. The van der Waals surface area contributed by atoms with Crippen LogP contribution in [-0.4, -0.2) is 53.9 Å². The molecule has 0 aromatic heterocycles. The van der Waals surface area contributed by atoms with Crippen LogP contribution >= 0.6 is 0 Å². The highest BCUT2D eigenvalue weighted by Gasteiger charge is 2.36. The molecule has 104 valence electrons. The van der Waals surface area contributed by atoms with Gasteiger partial charge in [-0.15, -0.1) is 0 Å². The van der Waals surface area contributed by atoms with E-state index in [0.717, 1.165) is 12.8 Å². The van der Waals surface area contributed by atoms with E-state index >= 15 is 0 Å². The largest absolute Gasteiger partial charge is 0.481 e. The van der Waals surface area contributed by atoms with Crippen molar-refractivity contribution >= 4 is 21.7 Å². The first kappa shape index (κ1) is 14.9. The number of likely N-dealkylation sites (tertiary alicyclic amines) is 1.